The smallest absolute Gasteiger partial charge is 0.306 e. The molecule has 0 radical (unpaired) electrons. The Balaban J connectivity index is 2.16. The summed E-state index contributed by atoms with van der Waals surface area (Å²) >= 11 is 0. The standard InChI is InChI=1S/C12H18O6/c1-6(13)17-9-5-8-7(4-10(14)18-8)11(9)12(15-2)16-3/h7-9,11-12H,4-5H2,1-3H3/t7-,8-,9+,11?/m0/s1. The molecule has 0 aromatic carbocycles. The van der Waals surface area contributed by atoms with Crippen LogP contribution in [0.15, 0.2) is 0 Å². The number of esters is 2. The van der Waals surface area contributed by atoms with Crippen LogP contribution in [0.5, 0.6) is 0 Å². The number of rotatable bonds is 4. The van der Waals surface area contributed by atoms with Gasteiger partial charge in [-0.2, -0.15) is 0 Å². The van der Waals surface area contributed by atoms with E-state index in [1.807, 2.05) is 0 Å². The van der Waals surface area contributed by atoms with E-state index in [4.69, 9.17) is 18.9 Å². The Morgan fingerprint density at radius 2 is 2.06 bits per heavy atom. The molecular weight excluding hydrogens is 240 g/mol. The molecule has 1 saturated carbocycles. The molecule has 4 atom stereocenters. The van der Waals surface area contributed by atoms with E-state index in [1.54, 1.807) is 0 Å². The molecule has 2 fully saturated rings. The lowest BCUT2D eigenvalue weighted by Crippen LogP contribution is -2.37. The predicted molar refractivity (Wildman–Crippen MR) is 59.5 cm³/mol. The molecule has 6 heteroatoms. The highest BCUT2D eigenvalue weighted by atomic mass is 16.7. The number of carbonyl (C=O) groups excluding carboxylic acids is 2. The monoisotopic (exact) mass is 258 g/mol. The van der Waals surface area contributed by atoms with E-state index in [2.05, 4.69) is 0 Å². The Morgan fingerprint density at radius 3 is 2.61 bits per heavy atom. The summed E-state index contributed by atoms with van der Waals surface area (Å²) in [5.41, 5.74) is 0. The summed E-state index contributed by atoms with van der Waals surface area (Å²) in [5, 5.41) is 0. The Morgan fingerprint density at radius 1 is 1.39 bits per heavy atom. The quantitative estimate of drug-likeness (QED) is 0.540. The molecule has 1 aliphatic heterocycles. The Labute approximate surface area is 106 Å². The lowest BCUT2D eigenvalue weighted by Gasteiger charge is -2.28. The van der Waals surface area contributed by atoms with Crippen molar-refractivity contribution in [1.82, 2.24) is 0 Å². The van der Waals surface area contributed by atoms with Crippen molar-refractivity contribution in [2.75, 3.05) is 14.2 Å². The minimum Gasteiger partial charge on any atom is -0.462 e. The van der Waals surface area contributed by atoms with Gasteiger partial charge in [0.25, 0.3) is 0 Å². The van der Waals surface area contributed by atoms with E-state index in [9.17, 15) is 9.59 Å². The van der Waals surface area contributed by atoms with Gasteiger partial charge in [0.2, 0.25) is 0 Å². The van der Waals surface area contributed by atoms with Gasteiger partial charge in [0.15, 0.2) is 6.29 Å². The molecule has 1 heterocycles. The van der Waals surface area contributed by atoms with Crippen molar-refractivity contribution in [2.24, 2.45) is 11.8 Å². The molecule has 6 nitrogen and oxygen atoms in total. The van der Waals surface area contributed by atoms with Crippen molar-refractivity contribution in [1.29, 1.82) is 0 Å². The van der Waals surface area contributed by atoms with Crippen molar-refractivity contribution in [3.05, 3.63) is 0 Å². The van der Waals surface area contributed by atoms with Crippen LogP contribution in [0, 0.1) is 11.8 Å². The van der Waals surface area contributed by atoms with Crippen LogP contribution in [0.1, 0.15) is 19.8 Å². The molecule has 0 bridgehead atoms. The summed E-state index contributed by atoms with van der Waals surface area (Å²) in [6, 6.07) is 0. The first-order chi connectivity index (χ1) is 8.56. The van der Waals surface area contributed by atoms with Crippen LogP contribution < -0.4 is 0 Å². The van der Waals surface area contributed by atoms with E-state index in [0.717, 1.165) is 0 Å². The Kier molecular flexibility index (Phi) is 3.87. The molecule has 2 aliphatic rings. The van der Waals surface area contributed by atoms with Gasteiger partial charge in [0, 0.05) is 33.5 Å². The van der Waals surface area contributed by atoms with Gasteiger partial charge < -0.3 is 18.9 Å². The molecule has 1 aliphatic carbocycles. The van der Waals surface area contributed by atoms with E-state index in [1.165, 1.54) is 21.1 Å². The molecule has 0 aromatic heterocycles. The van der Waals surface area contributed by atoms with Gasteiger partial charge in [0.1, 0.15) is 12.2 Å². The first-order valence-electron chi connectivity index (χ1n) is 5.99. The molecular formula is C12H18O6. The molecule has 1 saturated heterocycles. The van der Waals surface area contributed by atoms with Crippen molar-refractivity contribution >= 4 is 11.9 Å². The molecule has 102 valence electrons. The summed E-state index contributed by atoms with van der Waals surface area (Å²) in [6.45, 7) is 1.37. The number of ether oxygens (including phenoxy) is 4. The van der Waals surface area contributed by atoms with E-state index in [-0.39, 0.29) is 36.0 Å². The molecule has 0 N–H and O–H groups in total. The van der Waals surface area contributed by atoms with Gasteiger partial charge in [-0.25, -0.2) is 0 Å². The van der Waals surface area contributed by atoms with Crippen LogP contribution in [0.2, 0.25) is 0 Å². The average Bonchev–Trinajstić information content (AvgIpc) is 2.77. The second kappa shape index (κ2) is 5.24. The SMILES string of the molecule is COC(OC)C1[C@H]2CC(=O)O[C@H]2C[C@H]1OC(C)=O. The topological polar surface area (TPSA) is 71.1 Å². The number of fused-ring (bicyclic) bond motifs is 1. The summed E-state index contributed by atoms with van der Waals surface area (Å²) in [7, 11) is 3.06. The molecule has 0 aromatic rings. The first kappa shape index (κ1) is 13.3. The highest BCUT2D eigenvalue weighted by Gasteiger charge is 2.54. The van der Waals surface area contributed by atoms with Crippen LogP contribution in [-0.2, 0) is 28.5 Å². The fraction of sp³-hybridized carbons (Fsp3) is 0.833. The first-order valence-corrected chi connectivity index (χ1v) is 5.99. The number of hydrogen-bond donors (Lipinski definition) is 0. The summed E-state index contributed by atoms with van der Waals surface area (Å²) < 4.78 is 21.0. The van der Waals surface area contributed by atoms with Crippen LogP contribution in [-0.4, -0.2) is 44.7 Å². The van der Waals surface area contributed by atoms with E-state index >= 15 is 0 Å². The van der Waals surface area contributed by atoms with Crippen LogP contribution >= 0.6 is 0 Å². The minimum atomic E-state index is -0.501. The average molecular weight is 258 g/mol. The summed E-state index contributed by atoms with van der Waals surface area (Å²) in [4.78, 5) is 22.4. The summed E-state index contributed by atoms with van der Waals surface area (Å²) in [5.74, 6) is -0.725. The zero-order valence-electron chi connectivity index (χ0n) is 10.8. The van der Waals surface area contributed by atoms with Gasteiger partial charge in [-0.05, 0) is 0 Å². The molecule has 0 spiro atoms. The van der Waals surface area contributed by atoms with Gasteiger partial charge in [0.05, 0.1) is 12.3 Å². The van der Waals surface area contributed by atoms with E-state index in [0.29, 0.717) is 12.8 Å². The van der Waals surface area contributed by atoms with Crippen LogP contribution in [0.25, 0.3) is 0 Å². The largest absolute Gasteiger partial charge is 0.462 e. The summed E-state index contributed by atoms with van der Waals surface area (Å²) in [6.07, 6.45) is -0.172. The minimum absolute atomic E-state index is 0.00764. The van der Waals surface area contributed by atoms with Crippen LogP contribution in [0.3, 0.4) is 0 Å². The van der Waals surface area contributed by atoms with E-state index < -0.39 is 6.29 Å². The van der Waals surface area contributed by atoms with Crippen molar-refractivity contribution in [3.8, 4) is 0 Å². The fourth-order valence-electron chi connectivity index (χ4n) is 3.02. The number of carbonyl (C=O) groups is 2. The second-order valence-electron chi connectivity index (χ2n) is 4.70. The van der Waals surface area contributed by atoms with Gasteiger partial charge in [-0.15, -0.1) is 0 Å². The van der Waals surface area contributed by atoms with Gasteiger partial charge >= 0.3 is 11.9 Å². The lowest BCUT2D eigenvalue weighted by atomic mass is 9.91. The fourth-order valence-corrected chi connectivity index (χ4v) is 3.02. The third-order valence-corrected chi connectivity index (χ3v) is 3.65. The maximum atomic E-state index is 11.3. The van der Waals surface area contributed by atoms with Crippen LogP contribution in [0.4, 0.5) is 0 Å². The Bertz CT molecular complexity index is 337. The number of methoxy groups -OCH3 is 2. The third-order valence-electron chi connectivity index (χ3n) is 3.65. The Hall–Kier alpha value is -1.14. The predicted octanol–water partition coefficient (Wildman–Crippen LogP) is 0.489. The van der Waals surface area contributed by atoms with Crippen molar-refractivity contribution in [3.63, 3.8) is 0 Å². The lowest BCUT2D eigenvalue weighted by molar-refractivity contribution is -0.179. The molecule has 2 rings (SSSR count). The third kappa shape index (κ3) is 2.35. The molecule has 1 unspecified atom stereocenters. The highest BCUT2D eigenvalue weighted by molar-refractivity contribution is 5.72. The zero-order chi connectivity index (χ0) is 13.3. The normalized spacial score (nSPS) is 34.6. The van der Waals surface area contributed by atoms with Gasteiger partial charge in [-0.1, -0.05) is 0 Å². The molecule has 0 amide bonds. The highest BCUT2D eigenvalue weighted by Crippen LogP contribution is 2.45. The number of hydrogen-bond acceptors (Lipinski definition) is 6. The zero-order valence-corrected chi connectivity index (χ0v) is 10.8. The van der Waals surface area contributed by atoms with Gasteiger partial charge in [-0.3, -0.25) is 9.59 Å². The second-order valence-corrected chi connectivity index (χ2v) is 4.70. The van der Waals surface area contributed by atoms with Crippen molar-refractivity contribution in [2.45, 2.75) is 38.3 Å². The van der Waals surface area contributed by atoms with Crippen molar-refractivity contribution < 1.29 is 28.5 Å². The maximum absolute atomic E-state index is 11.3. The molecule has 18 heavy (non-hydrogen) atoms. The maximum Gasteiger partial charge on any atom is 0.306 e.